The normalized spacial score (nSPS) is 15.5. The second-order valence-electron chi connectivity index (χ2n) is 7.72. The summed E-state index contributed by atoms with van der Waals surface area (Å²) >= 11 is 0. The molecule has 2 N–H and O–H groups in total. The Bertz CT molecular complexity index is 1140. The minimum Gasteiger partial charge on any atom is -0.492 e. The van der Waals surface area contributed by atoms with Gasteiger partial charge in [-0.15, -0.1) is 0 Å². The fraction of sp³-hybridized carbons (Fsp3) is 0.381. The molecule has 31 heavy (non-hydrogen) atoms. The minimum absolute atomic E-state index is 0.434. The van der Waals surface area contributed by atoms with Crippen molar-refractivity contribution in [2.45, 2.75) is 32.2 Å². The van der Waals surface area contributed by atoms with Crippen LogP contribution in [-0.4, -0.2) is 56.0 Å². The monoisotopic (exact) mass is 421 g/mol. The second-order valence-corrected chi connectivity index (χ2v) is 7.72. The van der Waals surface area contributed by atoms with Crippen LogP contribution in [0, 0.1) is 11.3 Å². The first-order valence-corrected chi connectivity index (χ1v) is 10.1. The number of nitrogens with zero attached hydrogens (tertiary/aromatic N) is 6. The van der Waals surface area contributed by atoms with Crippen LogP contribution in [0.1, 0.15) is 32.3 Å². The molecule has 0 radical (unpaired) electrons. The quantitative estimate of drug-likeness (QED) is 0.643. The van der Waals surface area contributed by atoms with E-state index in [9.17, 15) is 10.1 Å². The number of aromatic nitrogens is 4. The van der Waals surface area contributed by atoms with Gasteiger partial charge in [0.2, 0.25) is 0 Å². The molecule has 1 aliphatic rings. The molecule has 4 rings (SSSR count). The van der Waals surface area contributed by atoms with Crippen molar-refractivity contribution in [2.24, 2.45) is 0 Å². The molecular weight excluding hydrogens is 398 g/mol. The molecule has 0 aliphatic carbocycles. The lowest BCUT2D eigenvalue weighted by atomic mass is 9.90. The Balaban J connectivity index is 1.60. The third-order valence-corrected chi connectivity index (χ3v) is 5.53. The Morgan fingerprint density at radius 3 is 2.71 bits per heavy atom. The Morgan fingerprint density at radius 1 is 1.32 bits per heavy atom. The number of hydrogen-bond donors (Lipinski definition) is 2. The van der Waals surface area contributed by atoms with Crippen molar-refractivity contribution in [3.05, 3.63) is 36.4 Å². The summed E-state index contributed by atoms with van der Waals surface area (Å²) in [6.07, 6.45) is 7.00. The van der Waals surface area contributed by atoms with Gasteiger partial charge in [-0.2, -0.15) is 10.4 Å². The topological polar surface area (TPSA) is 129 Å². The average Bonchev–Trinajstić information content (AvgIpc) is 3.16. The van der Waals surface area contributed by atoms with E-state index in [1.54, 1.807) is 23.1 Å². The number of fused-ring (bicyclic) bond motifs is 1. The van der Waals surface area contributed by atoms with Gasteiger partial charge in [-0.05, 0) is 32.8 Å². The molecule has 1 aliphatic heterocycles. The van der Waals surface area contributed by atoms with Crippen LogP contribution in [0.2, 0.25) is 0 Å². The molecule has 3 aromatic heterocycles. The number of nitrogens with one attached hydrogen (secondary N) is 1. The number of hydrogen-bond acceptors (Lipinski definition) is 7. The maximum Gasteiger partial charge on any atom is 0.405 e. The molecular formula is C21H23N7O3. The number of carboxylic acid groups (broad SMARTS) is 1. The number of anilines is 1. The van der Waals surface area contributed by atoms with Gasteiger partial charge in [0.05, 0.1) is 48.2 Å². The lowest BCUT2D eigenvalue weighted by molar-refractivity contribution is 0.173. The van der Waals surface area contributed by atoms with Gasteiger partial charge in [0.25, 0.3) is 0 Å². The first kappa shape index (κ1) is 20.4. The smallest absolute Gasteiger partial charge is 0.405 e. The Hall–Kier alpha value is -3.87. The van der Waals surface area contributed by atoms with Gasteiger partial charge in [-0.1, -0.05) is 0 Å². The van der Waals surface area contributed by atoms with Gasteiger partial charge in [-0.3, -0.25) is 4.98 Å². The molecule has 10 heteroatoms. The lowest BCUT2D eigenvalue weighted by Gasteiger charge is -2.39. The molecule has 0 atom stereocenters. The van der Waals surface area contributed by atoms with E-state index in [1.807, 2.05) is 19.9 Å². The van der Waals surface area contributed by atoms with Crippen molar-refractivity contribution >= 4 is 17.4 Å². The van der Waals surface area contributed by atoms with Crippen LogP contribution in [-0.2, 0) is 0 Å². The zero-order chi connectivity index (χ0) is 22.0. The largest absolute Gasteiger partial charge is 0.492 e. The Kier molecular flexibility index (Phi) is 5.33. The van der Waals surface area contributed by atoms with Gasteiger partial charge in [-0.25, -0.2) is 14.3 Å². The summed E-state index contributed by atoms with van der Waals surface area (Å²) in [7, 11) is 0. The van der Waals surface area contributed by atoms with Crippen molar-refractivity contribution < 1.29 is 14.6 Å². The van der Waals surface area contributed by atoms with E-state index in [0.29, 0.717) is 55.1 Å². The highest BCUT2D eigenvalue weighted by molar-refractivity contribution is 5.83. The highest BCUT2D eigenvalue weighted by Crippen LogP contribution is 2.30. The fourth-order valence-electron chi connectivity index (χ4n) is 3.86. The summed E-state index contributed by atoms with van der Waals surface area (Å²) in [6, 6.07) is 4.01. The maximum atomic E-state index is 11.0. The maximum absolute atomic E-state index is 11.0. The standard InChI is InChI=1S/C21H23N7O3/c1-3-31-15-8-16(19-14(9-22)10-25-28(19)13-15)17-11-24-18(12-23-17)27-6-4-21(2,5-7-27)26-20(29)30/h8,10-13,26H,3-7H2,1-2H3,(H,29,30). The summed E-state index contributed by atoms with van der Waals surface area (Å²) in [5.74, 6) is 1.36. The molecule has 1 saturated heterocycles. The predicted octanol–water partition coefficient (Wildman–Crippen LogP) is 2.69. The molecule has 1 fully saturated rings. The molecule has 10 nitrogen and oxygen atoms in total. The van der Waals surface area contributed by atoms with Crippen LogP contribution in [0.4, 0.5) is 10.6 Å². The molecule has 0 saturated carbocycles. The first-order valence-electron chi connectivity index (χ1n) is 10.1. The van der Waals surface area contributed by atoms with Crippen molar-refractivity contribution in [1.82, 2.24) is 24.9 Å². The number of amides is 1. The Morgan fingerprint density at radius 2 is 2.10 bits per heavy atom. The zero-order valence-corrected chi connectivity index (χ0v) is 17.4. The highest BCUT2D eigenvalue weighted by Gasteiger charge is 2.32. The van der Waals surface area contributed by atoms with Crippen LogP contribution in [0.3, 0.4) is 0 Å². The van der Waals surface area contributed by atoms with E-state index >= 15 is 0 Å². The van der Waals surface area contributed by atoms with Crippen LogP contribution in [0.5, 0.6) is 5.75 Å². The third-order valence-electron chi connectivity index (χ3n) is 5.53. The molecule has 0 aromatic carbocycles. The summed E-state index contributed by atoms with van der Waals surface area (Å²) < 4.78 is 7.26. The van der Waals surface area contributed by atoms with Crippen LogP contribution in [0.25, 0.3) is 16.8 Å². The SMILES string of the molecule is CCOc1cc(-c2cnc(N3CCC(C)(NC(=O)O)CC3)cn2)c2c(C#N)cnn2c1. The van der Waals surface area contributed by atoms with Gasteiger partial charge < -0.3 is 20.1 Å². The van der Waals surface area contributed by atoms with E-state index in [4.69, 9.17) is 9.84 Å². The number of pyridine rings is 1. The molecule has 1 amide bonds. The Labute approximate surface area is 179 Å². The molecule has 4 heterocycles. The zero-order valence-electron chi connectivity index (χ0n) is 17.4. The van der Waals surface area contributed by atoms with E-state index in [0.717, 1.165) is 11.4 Å². The number of piperidine rings is 1. The average molecular weight is 421 g/mol. The number of ether oxygens (including phenoxy) is 1. The van der Waals surface area contributed by atoms with E-state index in [2.05, 4.69) is 31.4 Å². The first-order chi connectivity index (χ1) is 14.9. The summed E-state index contributed by atoms with van der Waals surface area (Å²) in [6.45, 7) is 5.68. The number of nitriles is 1. The second kappa shape index (κ2) is 8.10. The minimum atomic E-state index is -1.00. The van der Waals surface area contributed by atoms with E-state index in [1.165, 1.54) is 6.20 Å². The summed E-state index contributed by atoms with van der Waals surface area (Å²) in [5, 5.41) is 25.3. The summed E-state index contributed by atoms with van der Waals surface area (Å²) in [5.41, 5.74) is 2.00. The molecule has 0 unspecified atom stereocenters. The van der Waals surface area contributed by atoms with Crippen molar-refractivity contribution in [2.75, 3.05) is 24.6 Å². The van der Waals surface area contributed by atoms with Gasteiger partial charge in [0.15, 0.2) is 0 Å². The molecule has 0 spiro atoms. The van der Waals surface area contributed by atoms with Gasteiger partial charge in [0, 0.05) is 24.2 Å². The molecule has 3 aromatic rings. The number of rotatable bonds is 5. The van der Waals surface area contributed by atoms with Crippen LogP contribution >= 0.6 is 0 Å². The van der Waals surface area contributed by atoms with Crippen LogP contribution in [0.15, 0.2) is 30.9 Å². The molecule has 160 valence electrons. The van der Waals surface area contributed by atoms with Gasteiger partial charge >= 0.3 is 6.09 Å². The predicted molar refractivity (Wildman–Crippen MR) is 113 cm³/mol. The van der Waals surface area contributed by atoms with Gasteiger partial charge in [0.1, 0.15) is 17.6 Å². The number of carbonyl (C=O) groups is 1. The third kappa shape index (κ3) is 4.07. The van der Waals surface area contributed by atoms with E-state index in [-0.39, 0.29) is 0 Å². The van der Waals surface area contributed by atoms with Crippen molar-refractivity contribution in [3.63, 3.8) is 0 Å². The fourth-order valence-corrected chi connectivity index (χ4v) is 3.86. The van der Waals surface area contributed by atoms with Crippen molar-refractivity contribution in [1.29, 1.82) is 5.26 Å². The molecule has 0 bridgehead atoms. The van der Waals surface area contributed by atoms with Crippen LogP contribution < -0.4 is 15.0 Å². The van der Waals surface area contributed by atoms with Crippen molar-refractivity contribution in [3.8, 4) is 23.1 Å². The van der Waals surface area contributed by atoms with E-state index < -0.39 is 11.6 Å². The highest BCUT2D eigenvalue weighted by atomic mass is 16.5. The lowest BCUT2D eigenvalue weighted by Crippen LogP contribution is -2.53. The summed E-state index contributed by atoms with van der Waals surface area (Å²) in [4.78, 5) is 22.3.